The van der Waals surface area contributed by atoms with Gasteiger partial charge in [-0.3, -0.25) is 9.48 Å². The van der Waals surface area contributed by atoms with Crippen molar-refractivity contribution in [2.45, 2.75) is 45.4 Å². The van der Waals surface area contributed by atoms with Crippen molar-refractivity contribution < 1.29 is 19.0 Å². The van der Waals surface area contributed by atoms with Crippen LogP contribution in [0.25, 0.3) is 0 Å². The molecule has 2 aliphatic rings. The van der Waals surface area contributed by atoms with Crippen molar-refractivity contribution in [1.82, 2.24) is 15.1 Å². The van der Waals surface area contributed by atoms with Crippen LogP contribution in [0.5, 0.6) is 11.5 Å². The lowest BCUT2D eigenvalue weighted by molar-refractivity contribution is -0.127. The second-order valence-electron chi connectivity index (χ2n) is 7.62. The number of nitrogens with zero attached hydrogens (tertiary/aromatic N) is 2. The molecule has 1 amide bonds. The van der Waals surface area contributed by atoms with Gasteiger partial charge in [0.2, 0.25) is 5.91 Å². The molecule has 0 spiro atoms. The highest BCUT2D eigenvalue weighted by Gasteiger charge is 2.37. The number of ether oxygens (including phenoxy) is 3. The molecule has 0 radical (unpaired) electrons. The lowest BCUT2D eigenvalue weighted by atomic mass is 9.94. The minimum atomic E-state index is -0.250. The number of nitrogens with one attached hydrogen (secondary N) is 1. The van der Waals surface area contributed by atoms with Crippen LogP contribution in [0.4, 0.5) is 0 Å². The summed E-state index contributed by atoms with van der Waals surface area (Å²) in [5.74, 6) is 1.42. The number of fused-ring (bicyclic) bond motifs is 1. The Hall–Kier alpha value is -2.54. The molecule has 0 aliphatic carbocycles. The molecule has 2 aromatic rings. The van der Waals surface area contributed by atoms with Gasteiger partial charge >= 0.3 is 0 Å². The molecule has 0 bridgehead atoms. The van der Waals surface area contributed by atoms with Crippen LogP contribution in [0.2, 0.25) is 0 Å². The molecule has 1 aromatic heterocycles. The molecule has 0 saturated carbocycles. The molecule has 2 aliphatic heterocycles. The standard InChI is InChI=1S/C21H27N3O4/c1-12-7-14-8-18(26-4)15(9-19(14)28-12)10-22-21(25)16-5-6-27-20(16)17-11-23-24(3)13(17)2/h8-9,11-12,16,20H,5-7,10H2,1-4H3,(H,22,25)/t12-,16+,20+/m1/s1. The first-order chi connectivity index (χ1) is 13.5. The first kappa shape index (κ1) is 18.8. The molecule has 150 valence electrons. The Kier molecular flexibility index (Phi) is 5.02. The zero-order chi connectivity index (χ0) is 19.8. The number of amides is 1. The molecule has 3 atom stereocenters. The summed E-state index contributed by atoms with van der Waals surface area (Å²) in [6.07, 6.45) is 3.30. The Morgan fingerprint density at radius 2 is 2.25 bits per heavy atom. The Morgan fingerprint density at radius 1 is 1.43 bits per heavy atom. The largest absolute Gasteiger partial charge is 0.496 e. The van der Waals surface area contributed by atoms with Gasteiger partial charge in [-0.05, 0) is 32.4 Å². The fourth-order valence-electron chi connectivity index (χ4n) is 4.08. The number of carbonyl (C=O) groups is 1. The van der Waals surface area contributed by atoms with Crippen molar-refractivity contribution in [2.24, 2.45) is 13.0 Å². The predicted molar refractivity (Wildman–Crippen MR) is 103 cm³/mol. The summed E-state index contributed by atoms with van der Waals surface area (Å²) in [5.41, 5.74) is 4.07. The van der Waals surface area contributed by atoms with Crippen molar-refractivity contribution in [3.63, 3.8) is 0 Å². The molecule has 1 N–H and O–H groups in total. The van der Waals surface area contributed by atoms with Gasteiger partial charge in [0.05, 0.1) is 25.3 Å². The molecular weight excluding hydrogens is 358 g/mol. The molecule has 7 nitrogen and oxygen atoms in total. The van der Waals surface area contributed by atoms with Crippen LogP contribution in [-0.2, 0) is 29.5 Å². The summed E-state index contributed by atoms with van der Waals surface area (Å²) in [4.78, 5) is 12.9. The van der Waals surface area contributed by atoms with Crippen LogP contribution < -0.4 is 14.8 Å². The number of carbonyl (C=O) groups excluding carboxylic acids is 1. The van der Waals surface area contributed by atoms with Gasteiger partial charge in [-0.15, -0.1) is 0 Å². The summed E-state index contributed by atoms with van der Waals surface area (Å²) in [5, 5.41) is 7.35. The van der Waals surface area contributed by atoms with E-state index < -0.39 is 0 Å². The average molecular weight is 385 g/mol. The van der Waals surface area contributed by atoms with E-state index in [0.29, 0.717) is 19.6 Å². The third-order valence-corrected chi connectivity index (χ3v) is 5.76. The number of hydrogen-bond acceptors (Lipinski definition) is 5. The van der Waals surface area contributed by atoms with E-state index in [2.05, 4.69) is 17.3 Å². The van der Waals surface area contributed by atoms with Crippen LogP contribution in [0.15, 0.2) is 18.3 Å². The van der Waals surface area contributed by atoms with Crippen LogP contribution in [0.3, 0.4) is 0 Å². The van der Waals surface area contributed by atoms with Gasteiger partial charge in [0, 0.05) is 49.0 Å². The molecule has 28 heavy (non-hydrogen) atoms. The zero-order valence-corrected chi connectivity index (χ0v) is 16.8. The van der Waals surface area contributed by atoms with Gasteiger partial charge in [-0.25, -0.2) is 0 Å². The fourth-order valence-corrected chi connectivity index (χ4v) is 4.08. The molecule has 1 aromatic carbocycles. The Bertz CT molecular complexity index is 892. The second kappa shape index (κ2) is 7.47. The predicted octanol–water partition coefficient (Wildman–Crippen LogP) is 2.45. The SMILES string of the molecule is COc1cc2c(cc1CNC(=O)[C@H]1CCO[C@@H]1c1cnn(C)c1C)O[C@H](C)C2. The van der Waals surface area contributed by atoms with E-state index in [1.807, 2.05) is 30.8 Å². The van der Waals surface area contributed by atoms with E-state index >= 15 is 0 Å². The van der Waals surface area contributed by atoms with Gasteiger partial charge in [0.1, 0.15) is 17.6 Å². The first-order valence-electron chi connectivity index (χ1n) is 9.72. The Labute approximate surface area is 165 Å². The van der Waals surface area contributed by atoms with Crippen LogP contribution in [0.1, 0.15) is 41.8 Å². The van der Waals surface area contributed by atoms with Gasteiger partial charge in [0.25, 0.3) is 0 Å². The third kappa shape index (κ3) is 3.35. The number of methoxy groups -OCH3 is 1. The third-order valence-electron chi connectivity index (χ3n) is 5.76. The Morgan fingerprint density at radius 3 is 2.96 bits per heavy atom. The highest BCUT2D eigenvalue weighted by molar-refractivity contribution is 5.80. The maximum atomic E-state index is 12.9. The van der Waals surface area contributed by atoms with Crippen molar-refractivity contribution in [2.75, 3.05) is 13.7 Å². The molecule has 3 heterocycles. The summed E-state index contributed by atoms with van der Waals surface area (Å²) in [6, 6.07) is 3.99. The molecule has 1 saturated heterocycles. The minimum absolute atomic E-state index is 0.0115. The summed E-state index contributed by atoms with van der Waals surface area (Å²) in [7, 11) is 3.55. The second-order valence-corrected chi connectivity index (χ2v) is 7.62. The smallest absolute Gasteiger partial charge is 0.226 e. The van der Waals surface area contributed by atoms with Crippen molar-refractivity contribution in [3.05, 3.63) is 40.7 Å². The van der Waals surface area contributed by atoms with Crippen molar-refractivity contribution in [3.8, 4) is 11.5 Å². The van der Waals surface area contributed by atoms with Crippen molar-refractivity contribution in [1.29, 1.82) is 0 Å². The number of aryl methyl sites for hydroxylation is 1. The molecule has 0 unspecified atom stereocenters. The van der Waals surface area contributed by atoms with E-state index in [9.17, 15) is 4.79 Å². The Balaban J connectivity index is 1.47. The monoisotopic (exact) mass is 385 g/mol. The molecule has 1 fully saturated rings. The number of hydrogen-bond donors (Lipinski definition) is 1. The summed E-state index contributed by atoms with van der Waals surface area (Å²) < 4.78 is 19.1. The highest BCUT2D eigenvalue weighted by atomic mass is 16.5. The summed E-state index contributed by atoms with van der Waals surface area (Å²) in [6.45, 7) is 5.01. The average Bonchev–Trinajstić information content (AvgIpc) is 3.37. The van der Waals surface area contributed by atoms with Gasteiger partial charge in [0.15, 0.2) is 0 Å². The van der Waals surface area contributed by atoms with Crippen molar-refractivity contribution >= 4 is 5.91 Å². The van der Waals surface area contributed by atoms with Crippen LogP contribution in [0, 0.1) is 12.8 Å². The summed E-state index contributed by atoms with van der Waals surface area (Å²) >= 11 is 0. The van der Waals surface area contributed by atoms with Crippen LogP contribution in [-0.4, -0.2) is 35.5 Å². The van der Waals surface area contributed by atoms with Gasteiger partial charge in [-0.1, -0.05) is 0 Å². The molecule has 4 rings (SSSR count). The van der Waals surface area contributed by atoms with E-state index in [4.69, 9.17) is 14.2 Å². The van der Waals surface area contributed by atoms with Crippen LogP contribution >= 0.6 is 0 Å². The first-order valence-corrected chi connectivity index (χ1v) is 9.72. The fraction of sp³-hybridized carbons (Fsp3) is 0.524. The topological polar surface area (TPSA) is 74.6 Å². The lowest BCUT2D eigenvalue weighted by Gasteiger charge is -2.19. The molecule has 7 heteroatoms. The van der Waals surface area contributed by atoms with Gasteiger partial charge < -0.3 is 19.5 Å². The van der Waals surface area contributed by atoms with E-state index in [0.717, 1.165) is 40.3 Å². The maximum Gasteiger partial charge on any atom is 0.226 e. The highest BCUT2D eigenvalue weighted by Crippen LogP contribution is 2.37. The minimum Gasteiger partial charge on any atom is -0.496 e. The molecular formula is C21H27N3O4. The number of benzene rings is 1. The zero-order valence-electron chi connectivity index (χ0n) is 16.8. The van der Waals surface area contributed by atoms with E-state index in [1.165, 1.54) is 0 Å². The number of aromatic nitrogens is 2. The van der Waals surface area contributed by atoms with E-state index in [1.54, 1.807) is 13.3 Å². The lowest BCUT2D eigenvalue weighted by Crippen LogP contribution is -2.32. The quantitative estimate of drug-likeness (QED) is 0.856. The van der Waals surface area contributed by atoms with E-state index in [-0.39, 0.29) is 24.0 Å². The normalized spacial score (nSPS) is 23.4. The van der Waals surface area contributed by atoms with Gasteiger partial charge in [-0.2, -0.15) is 5.10 Å². The number of rotatable bonds is 5. The maximum absolute atomic E-state index is 12.9.